The minimum absolute atomic E-state index is 0. The third-order valence-corrected chi connectivity index (χ3v) is 4.89. The van der Waals surface area contributed by atoms with Crippen molar-refractivity contribution in [3.63, 3.8) is 0 Å². The van der Waals surface area contributed by atoms with E-state index in [0.29, 0.717) is 0 Å². The number of hydrogen-bond acceptors (Lipinski definition) is 2. The largest absolute Gasteiger partial charge is 0.355 e. The van der Waals surface area contributed by atoms with Gasteiger partial charge in [0, 0.05) is 21.1 Å². The molecular weight excluding hydrogens is 408 g/mol. The molecule has 1 aromatic heterocycles. The molecule has 0 saturated carbocycles. The Balaban J connectivity index is 0.00000196. The van der Waals surface area contributed by atoms with E-state index in [4.69, 9.17) is 4.98 Å². The van der Waals surface area contributed by atoms with E-state index < -0.39 is 0 Å². The van der Waals surface area contributed by atoms with E-state index in [9.17, 15) is 0 Å². The molecule has 0 saturated heterocycles. The molecule has 26 heavy (non-hydrogen) atoms. The number of rotatable bonds is 3. The number of hydrogen-bond donors (Lipinski definition) is 1. The molecule has 130 valence electrons. The van der Waals surface area contributed by atoms with Crippen molar-refractivity contribution in [2.45, 2.75) is 6.92 Å². The van der Waals surface area contributed by atoms with Crippen LogP contribution >= 0.6 is 28.3 Å². The van der Waals surface area contributed by atoms with Crippen LogP contribution in [-0.2, 0) is 0 Å². The van der Waals surface area contributed by atoms with Crippen molar-refractivity contribution in [1.29, 1.82) is 0 Å². The predicted octanol–water partition coefficient (Wildman–Crippen LogP) is 7.14. The number of aryl methyl sites for hydroxylation is 1. The number of benzene rings is 3. The smallest absolute Gasteiger partial charge is 0.0741 e. The summed E-state index contributed by atoms with van der Waals surface area (Å²) in [6, 6.07) is 26.9. The van der Waals surface area contributed by atoms with Crippen LogP contribution in [-0.4, -0.2) is 4.98 Å². The first-order valence-electron chi connectivity index (χ1n) is 8.19. The topological polar surface area (TPSA) is 24.9 Å². The van der Waals surface area contributed by atoms with Gasteiger partial charge in [0.15, 0.2) is 0 Å². The molecule has 0 amide bonds. The quantitative estimate of drug-likeness (QED) is 0.377. The van der Waals surface area contributed by atoms with E-state index in [0.717, 1.165) is 38.0 Å². The molecule has 3 aromatic carbocycles. The number of nitrogens with one attached hydrogen (secondary N) is 1. The lowest BCUT2D eigenvalue weighted by Gasteiger charge is -2.13. The number of halogens is 2. The minimum Gasteiger partial charge on any atom is -0.355 e. The Labute approximate surface area is 167 Å². The zero-order valence-electron chi connectivity index (χ0n) is 14.2. The summed E-state index contributed by atoms with van der Waals surface area (Å²) in [6.45, 7) is 2.09. The molecule has 4 rings (SSSR count). The number of anilines is 2. The van der Waals surface area contributed by atoms with Gasteiger partial charge < -0.3 is 5.32 Å². The second-order valence-corrected chi connectivity index (χ2v) is 6.90. The van der Waals surface area contributed by atoms with E-state index in [2.05, 4.69) is 76.7 Å². The fraction of sp³-hybridized carbons (Fsp3) is 0.0455. The number of pyridine rings is 1. The standard InChI is InChI=1S/C22H17BrN2.ClH/c1-15-10-12-16(13-11-15)24-22-14-21(17-6-2-4-8-19(17)23)25-20-9-5-3-7-18(20)22;/h2-14H,1H3,(H,24,25);1H. The summed E-state index contributed by atoms with van der Waals surface area (Å²) in [6.07, 6.45) is 0. The second kappa shape index (κ2) is 7.90. The molecule has 0 radical (unpaired) electrons. The van der Waals surface area contributed by atoms with E-state index in [1.807, 2.05) is 30.3 Å². The molecule has 0 spiro atoms. The highest BCUT2D eigenvalue weighted by atomic mass is 79.9. The maximum absolute atomic E-state index is 4.85. The Kier molecular flexibility index (Phi) is 5.60. The Morgan fingerprint density at radius 1 is 0.846 bits per heavy atom. The third-order valence-electron chi connectivity index (χ3n) is 4.20. The molecule has 0 bridgehead atoms. The summed E-state index contributed by atoms with van der Waals surface area (Å²) < 4.78 is 1.04. The van der Waals surface area contributed by atoms with Crippen molar-refractivity contribution in [3.8, 4) is 11.3 Å². The van der Waals surface area contributed by atoms with Gasteiger partial charge in [0.25, 0.3) is 0 Å². The molecular formula is C22H18BrClN2. The first-order valence-corrected chi connectivity index (χ1v) is 8.98. The summed E-state index contributed by atoms with van der Waals surface area (Å²) in [7, 11) is 0. The van der Waals surface area contributed by atoms with Gasteiger partial charge in [-0.3, -0.25) is 0 Å². The van der Waals surface area contributed by atoms with E-state index >= 15 is 0 Å². The summed E-state index contributed by atoms with van der Waals surface area (Å²) in [5.41, 5.74) is 6.38. The average molecular weight is 426 g/mol. The van der Waals surface area contributed by atoms with E-state index in [1.165, 1.54) is 5.56 Å². The highest BCUT2D eigenvalue weighted by Crippen LogP contribution is 2.33. The molecule has 0 aliphatic carbocycles. The van der Waals surface area contributed by atoms with Crippen molar-refractivity contribution in [2.75, 3.05) is 5.32 Å². The fourth-order valence-electron chi connectivity index (χ4n) is 2.88. The Morgan fingerprint density at radius 3 is 2.31 bits per heavy atom. The zero-order chi connectivity index (χ0) is 17.2. The monoisotopic (exact) mass is 424 g/mol. The SMILES string of the molecule is Cc1ccc(Nc2cc(-c3ccccc3Br)nc3ccccc23)cc1.Cl. The zero-order valence-corrected chi connectivity index (χ0v) is 16.6. The molecule has 0 aliphatic heterocycles. The number of nitrogens with zero attached hydrogens (tertiary/aromatic N) is 1. The summed E-state index contributed by atoms with van der Waals surface area (Å²) in [4.78, 5) is 4.85. The number of aromatic nitrogens is 1. The van der Waals surface area contributed by atoms with Gasteiger partial charge in [-0.1, -0.05) is 70.0 Å². The van der Waals surface area contributed by atoms with Crippen molar-refractivity contribution < 1.29 is 0 Å². The molecule has 1 heterocycles. The van der Waals surface area contributed by atoms with Crippen LogP contribution in [0.5, 0.6) is 0 Å². The molecule has 0 unspecified atom stereocenters. The Morgan fingerprint density at radius 2 is 1.54 bits per heavy atom. The van der Waals surface area contributed by atoms with Crippen LogP contribution in [0.1, 0.15) is 5.56 Å². The van der Waals surface area contributed by atoms with Gasteiger partial charge in [0.1, 0.15) is 0 Å². The second-order valence-electron chi connectivity index (χ2n) is 6.04. The van der Waals surface area contributed by atoms with E-state index in [-0.39, 0.29) is 12.4 Å². The fourth-order valence-corrected chi connectivity index (χ4v) is 3.37. The van der Waals surface area contributed by atoms with Crippen LogP contribution in [0.15, 0.2) is 83.3 Å². The van der Waals surface area contributed by atoms with Gasteiger partial charge >= 0.3 is 0 Å². The molecule has 4 heteroatoms. The molecule has 0 atom stereocenters. The lowest BCUT2D eigenvalue weighted by molar-refractivity contribution is 1.38. The number of para-hydroxylation sites is 1. The van der Waals surface area contributed by atoms with Crippen molar-refractivity contribution in [1.82, 2.24) is 4.98 Å². The summed E-state index contributed by atoms with van der Waals surface area (Å²) in [5.74, 6) is 0. The van der Waals surface area contributed by atoms with Crippen molar-refractivity contribution in [3.05, 3.63) is 88.9 Å². The summed E-state index contributed by atoms with van der Waals surface area (Å²) >= 11 is 3.64. The van der Waals surface area contributed by atoms with Gasteiger partial charge in [-0.15, -0.1) is 12.4 Å². The first-order chi connectivity index (χ1) is 12.2. The van der Waals surface area contributed by atoms with Crippen molar-refractivity contribution >= 4 is 50.6 Å². The molecule has 0 fully saturated rings. The van der Waals surface area contributed by atoms with Crippen LogP contribution in [0.3, 0.4) is 0 Å². The van der Waals surface area contributed by atoms with Gasteiger partial charge in [0.05, 0.1) is 16.9 Å². The van der Waals surface area contributed by atoms with E-state index in [1.54, 1.807) is 0 Å². The van der Waals surface area contributed by atoms with Gasteiger partial charge in [-0.25, -0.2) is 4.98 Å². The average Bonchev–Trinajstić information content (AvgIpc) is 2.64. The van der Waals surface area contributed by atoms with Crippen molar-refractivity contribution in [2.24, 2.45) is 0 Å². The lowest BCUT2D eigenvalue weighted by Crippen LogP contribution is -1.95. The Hall–Kier alpha value is -2.36. The van der Waals surface area contributed by atoms with Crippen LogP contribution < -0.4 is 5.32 Å². The van der Waals surface area contributed by atoms with Gasteiger partial charge in [-0.2, -0.15) is 0 Å². The maximum atomic E-state index is 4.85. The minimum atomic E-state index is 0. The van der Waals surface area contributed by atoms with Crippen LogP contribution in [0.2, 0.25) is 0 Å². The molecule has 2 nitrogen and oxygen atoms in total. The highest BCUT2D eigenvalue weighted by Gasteiger charge is 2.10. The molecule has 0 aliphatic rings. The van der Waals surface area contributed by atoms with Crippen LogP contribution in [0.4, 0.5) is 11.4 Å². The maximum Gasteiger partial charge on any atom is 0.0741 e. The van der Waals surface area contributed by atoms with Crippen LogP contribution in [0.25, 0.3) is 22.2 Å². The molecule has 4 aromatic rings. The first kappa shape index (κ1) is 18.4. The third kappa shape index (κ3) is 3.74. The summed E-state index contributed by atoms with van der Waals surface area (Å²) in [5, 5.41) is 4.66. The highest BCUT2D eigenvalue weighted by molar-refractivity contribution is 9.10. The lowest BCUT2D eigenvalue weighted by atomic mass is 10.1. The van der Waals surface area contributed by atoms with Gasteiger partial charge in [0.2, 0.25) is 0 Å². The van der Waals surface area contributed by atoms with Gasteiger partial charge in [-0.05, 0) is 37.3 Å². The predicted molar refractivity (Wildman–Crippen MR) is 117 cm³/mol. The molecule has 1 N–H and O–H groups in total. The normalized spacial score (nSPS) is 10.4. The van der Waals surface area contributed by atoms with Crippen LogP contribution in [0, 0.1) is 6.92 Å². The Bertz CT molecular complexity index is 1050. The number of fused-ring (bicyclic) bond motifs is 1.